The number of rotatable bonds is 5. The number of methoxy groups -OCH3 is 1. The Labute approximate surface area is 101 Å². The van der Waals surface area contributed by atoms with Crippen molar-refractivity contribution in [2.24, 2.45) is 0 Å². The molecule has 0 aliphatic rings. The molecule has 0 heterocycles. The van der Waals surface area contributed by atoms with Gasteiger partial charge in [0.1, 0.15) is 5.75 Å². The molecule has 1 rings (SSSR count). The quantitative estimate of drug-likeness (QED) is 0.766. The summed E-state index contributed by atoms with van der Waals surface area (Å²) in [6, 6.07) is 4.95. The molecule has 0 N–H and O–H groups in total. The Morgan fingerprint density at radius 1 is 1.38 bits per heavy atom. The number of hydrogen-bond acceptors (Lipinski definition) is 3. The SMILES string of the molecule is COc1ccc(S(=O)(=O)CCCCl)c(C)c1. The number of aryl methyl sites for hydroxylation is 1. The lowest BCUT2D eigenvalue weighted by atomic mass is 10.2. The Balaban J connectivity index is 3.04. The largest absolute Gasteiger partial charge is 0.497 e. The van der Waals surface area contributed by atoms with Crippen molar-refractivity contribution in [2.75, 3.05) is 18.7 Å². The molecule has 0 atom stereocenters. The van der Waals surface area contributed by atoms with Crippen molar-refractivity contribution >= 4 is 21.4 Å². The molecule has 0 spiro atoms. The van der Waals surface area contributed by atoms with Gasteiger partial charge in [-0.05, 0) is 37.1 Å². The zero-order valence-electron chi connectivity index (χ0n) is 9.36. The third kappa shape index (κ3) is 3.12. The Morgan fingerprint density at radius 3 is 2.56 bits per heavy atom. The van der Waals surface area contributed by atoms with Crippen molar-refractivity contribution < 1.29 is 13.2 Å². The number of alkyl halides is 1. The van der Waals surface area contributed by atoms with E-state index in [0.29, 0.717) is 28.5 Å². The Bertz CT molecular complexity index is 454. The molecular weight excluding hydrogens is 248 g/mol. The molecule has 0 bridgehead atoms. The molecule has 0 aliphatic carbocycles. The van der Waals surface area contributed by atoms with Gasteiger partial charge in [-0.25, -0.2) is 8.42 Å². The van der Waals surface area contributed by atoms with Crippen LogP contribution >= 0.6 is 11.6 Å². The molecule has 1 aromatic rings. The first-order valence-electron chi connectivity index (χ1n) is 4.94. The lowest BCUT2D eigenvalue weighted by Gasteiger charge is -2.08. The van der Waals surface area contributed by atoms with E-state index in [0.717, 1.165) is 0 Å². The van der Waals surface area contributed by atoms with E-state index in [1.165, 1.54) is 0 Å². The van der Waals surface area contributed by atoms with Crippen molar-refractivity contribution in [3.63, 3.8) is 0 Å². The average Bonchev–Trinajstić information content (AvgIpc) is 2.25. The predicted molar refractivity (Wildman–Crippen MR) is 65.1 cm³/mol. The van der Waals surface area contributed by atoms with E-state index in [4.69, 9.17) is 16.3 Å². The van der Waals surface area contributed by atoms with Crippen LogP contribution in [0.5, 0.6) is 5.75 Å². The maximum absolute atomic E-state index is 11.9. The summed E-state index contributed by atoms with van der Waals surface area (Å²) in [5, 5.41) is 0. The van der Waals surface area contributed by atoms with Crippen LogP contribution in [0.25, 0.3) is 0 Å². The highest BCUT2D eigenvalue weighted by Gasteiger charge is 2.16. The number of benzene rings is 1. The van der Waals surface area contributed by atoms with Crippen LogP contribution in [0.1, 0.15) is 12.0 Å². The normalized spacial score (nSPS) is 11.4. The zero-order chi connectivity index (χ0) is 12.2. The second-order valence-corrected chi connectivity index (χ2v) is 5.95. The van der Waals surface area contributed by atoms with Crippen LogP contribution in [-0.4, -0.2) is 27.2 Å². The number of halogens is 1. The summed E-state index contributed by atoms with van der Waals surface area (Å²) in [6.45, 7) is 1.76. The molecule has 90 valence electrons. The van der Waals surface area contributed by atoms with Crippen LogP contribution in [0.2, 0.25) is 0 Å². The maximum atomic E-state index is 11.9. The Kier molecular flexibility index (Phi) is 4.62. The molecule has 0 fully saturated rings. The fraction of sp³-hybridized carbons (Fsp3) is 0.455. The minimum atomic E-state index is -3.22. The highest BCUT2D eigenvalue weighted by molar-refractivity contribution is 7.91. The van der Waals surface area contributed by atoms with Crippen molar-refractivity contribution in [1.82, 2.24) is 0 Å². The molecular formula is C11H15ClO3S. The van der Waals surface area contributed by atoms with Crippen LogP contribution in [0.3, 0.4) is 0 Å². The molecule has 0 saturated carbocycles. The summed E-state index contributed by atoms with van der Waals surface area (Å²) in [5.41, 5.74) is 0.703. The molecule has 5 heteroatoms. The van der Waals surface area contributed by atoms with E-state index in [1.54, 1.807) is 32.2 Å². The second-order valence-electron chi connectivity index (χ2n) is 3.49. The van der Waals surface area contributed by atoms with E-state index >= 15 is 0 Å². The summed E-state index contributed by atoms with van der Waals surface area (Å²) < 4.78 is 28.9. The van der Waals surface area contributed by atoms with Crippen LogP contribution in [-0.2, 0) is 9.84 Å². The summed E-state index contributed by atoms with van der Waals surface area (Å²) in [4.78, 5) is 0.360. The topological polar surface area (TPSA) is 43.4 Å². The van der Waals surface area contributed by atoms with E-state index in [2.05, 4.69) is 0 Å². The minimum Gasteiger partial charge on any atom is -0.497 e. The zero-order valence-corrected chi connectivity index (χ0v) is 10.9. The lowest BCUT2D eigenvalue weighted by Crippen LogP contribution is -2.09. The molecule has 0 radical (unpaired) electrons. The fourth-order valence-corrected chi connectivity index (χ4v) is 3.31. The van der Waals surface area contributed by atoms with E-state index < -0.39 is 9.84 Å². The molecule has 16 heavy (non-hydrogen) atoms. The first kappa shape index (κ1) is 13.3. The smallest absolute Gasteiger partial charge is 0.178 e. The van der Waals surface area contributed by atoms with Gasteiger partial charge in [0.05, 0.1) is 17.8 Å². The molecule has 0 unspecified atom stereocenters. The van der Waals surface area contributed by atoms with Crippen LogP contribution in [0.4, 0.5) is 0 Å². The van der Waals surface area contributed by atoms with Gasteiger partial charge in [0.25, 0.3) is 0 Å². The lowest BCUT2D eigenvalue weighted by molar-refractivity contribution is 0.414. The maximum Gasteiger partial charge on any atom is 0.178 e. The summed E-state index contributed by atoms with van der Waals surface area (Å²) >= 11 is 5.50. The van der Waals surface area contributed by atoms with Gasteiger partial charge < -0.3 is 4.74 Å². The van der Waals surface area contributed by atoms with E-state index in [1.807, 2.05) is 0 Å². The summed E-state index contributed by atoms with van der Waals surface area (Å²) in [7, 11) is -1.67. The van der Waals surface area contributed by atoms with Gasteiger partial charge in [-0.1, -0.05) is 0 Å². The van der Waals surface area contributed by atoms with Gasteiger partial charge in [0.15, 0.2) is 9.84 Å². The third-order valence-electron chi connectivity index (χ3n) is 2.26. The van der Waals surface area contributed by atoms with E-state index in [-0.39, 0.29) is 5.75 Å². The van der Waals surface area contributed by atoms with Crippen LogP contribution in [0, 0.1) is 6.92 Å². The molecule has 0 aliphatic heterocycles. The first-order valence-corrected chi connectivity index (χ1v) is 7.13. The highest BCUT2D eigenvalue weighted by atomic mass is 35.5. The van der Waals surface area contributed by atoms with Crippen molar-refractivity contribution in [3.8, 4) is 5.75 Å². The Morgan fingerprint density at radius 2 is 2.06 bits per heavy atom. The monoisotopic (exact) mass is 262 g/mol. The third-order valence-corrected chi connectivity index (χ3v) is 4.49. The van der Waals surface area contributed by atoms with Gasteiger partial charge in [-0.2, -0.15) is 0 Å². The minimum absolute atomic E-state index is 0.0870. The molecule has 1 aromatic carbocycles. The number of hydrogen-bond donors (Lipinski definition) is 0. The number of sulfone groups is 1. The van der Waals surface area contributed by atoms with Gasteiger partial charge in [-0.3, -0.25) is 0 Å². The van der Waals surface area contributed by atoms with Gasteiger partial charge in [0, 0.05) is 5.88 Å². The second kappa shape index (κ2) is 5.55. The van der Waals surface area contributed by atoms with Crippen molar-refractivity contribution in [2.45, 2.75) is 18.2 Å². The standard InChI is InChI=1S/C11H15ClO3S/c1-9-8-10(15-2)4-5-11(9)16(13,14)7-3-6-12/h4-5,8H,3,6-7H2,1-2H3. The summed E-state index contributed by atoms with van der Waals surface area (Å²) in [6.07, 6.45) is 0.468. The molecule has 0 aromatic heterocycles. The van der Waals surface area contributed by atoms with Gasteiger partial charge in [-0.15, -0.1) is 11.6 Å². The van der Waals surface area contributed by atoms with Crippen molar-refractivity contribution in [1.29, 1.82) is 0 Å². The van der Waals surface area contributed by atoms with Crippen LogP contribution in [0.15, 0.2) is 23.1 Å². The van der Waals surface area contributed by atoms with Crippen molar-refractivity contribution in [3.05, 3.63) is 23.8 Å². The first-order chi connectivity index (χ1) is 7.51. The van der Waals surface area contributed by atoms with E-state index in [9.17, 15) is 8.42 Å². The van der Waals surface area contributed by atoms with Crippen LogP contribution < -0.4 is 4.74 Å². The molecule has 0 saturated heterocycles. The highest BCUT2D eigenvalue weighted by Crippen LogP contribution is 2.22. The van der Waals surface area contributed by atoms with Gasteiger partial charge >= 0.3 is 0 Å². The average molecular weight is 263 g/mol. The fourth-order valence-electron chi connectivity index (χ4n) is 1.45. The molecule has 3 nitrogen and oxygen atoms in total. The summed E-state index contributed by atoms with van der Waals surface area (Å²) in [5.74, 6) is 1.10. The molecule has 0 amide bonds. The van der Waals surface area contributed by atoms with Gasteiger partial charge in [0.2, 0.25) is 0 Å². The number of ether oxygens (including phenoxy) is 1. The Hall–Kier alpha value is -0.740. The predicted octanol–water partition coefficient (Wildman–Crippen LogP) is 2.41.